The van der Waals surface area contributed by atoms with E-state index in [1.165, 1.54) is 0 Å². The van der Waals surface area contributed by atoms with Gasteiger partial charge < -0.3 is 5.11 Å². The molecular formula is C2H4OPb. The molecule has 0 spiro atoms. The van der Waals surface area contributed by atoms with E-state index in [1.54, 1.807) is 0 Å². The molecule has 0 fully saturated rings. The Morgan fingerprint density at radius 3 is 1.75 bits per heavy atom. The van der Waals surface area contributed by atoms with E-state index in [-0.39, 0.29) is 27.3 Å². The van der Waals surface area contributed by atoms with Crippen LogP contribution in [0.15, 0.2) is 12.8 Å². The first-order valence-corrected chi connectivity index (χ1v) is 0.666. The van der Waals surface area contributed by atoms with Gasteiger partial charge in [0.1, 0.15) is 0 Å². The molecule has 4 heavy (non-hydrogen) atoms. The van der Waals surface area contributed by atoms with Crippen molar-refractivity contribution in [3.8, 4) is 0 Å². The van der Waals surface area contributed by atoms with Gasteiger partial charge in [0.15, 0.2) is 0 Å². The maximum atomic E-state index is 7.33. The molecule has 0 saturated heterocycles. The molecule has 1 nitrogen and oxygen atoms in total. The van der Waals surface area contributed by atoms with E-state index in [0.717, 1.165) is 6.26 Å². The molecule has 0 aromatic heterocycles. The second-order valence-electron chi connectivity index (χ2n) is 0.183. The van der Waals surface area contributed by atoms with Crippen LogP contribution in [0.1, 0.15) is 0 Å². The molecule has 0 bridgehead atoms. The van der Waals surface area contributed by atoms with Gasteiger partial charge in [-0.3, -0.25) is 0 Å². The molecule has 2 heteroatoms. The van der Waals surface area contributed by atoms with Crippen molar-refractivity contribution in [2.45, 2.75) is 0 Å². The molecule has 0 aliphatic rings. The predicted octanol–water partition coefficient (Wildman–Crippen LogP) is 0.307. The third-order valence-electron chi connectivity index (χ3n) is 0. The third kappa shape index (κ3) is 24.6. The van der Waals surface area contributed by atoms with Crippen LogP contribution in [-0.2, 0) is 0 Å². The smallest absolute Gasteiger partial charge is 0.0719 e. The summed E-state index contributed by atoms with van der Waals surface area (Å²) in [4.78, 5) is 0. The van der Waals surface area contributed by atoms with Gasteiger partial charge in [0.25, 0.3) is 0 Å². The summed E-state index contributed by atoms with van der Waals surface area (Å²) < 4.78 is 0. The van der Waals surface area contributed by atoms with Gasteiger partial charge in [-0.1, -0.05) is 6.58 Å². The summed E-state index contributed by atoms with van der Waals surface area (Å²) in [5, 5.41) is 7.33. The van der Waals surface area contributed by atoms with Gasteiger partial charge in [0.05, 0.1) is 6.26 Å². The Kier molecular flexibility index (Phi) is 21.7. The topological polar surface area (TPSA) is 20.2 Å². The van der Waals surface area contributed by atoms with Gasteiger partial charge in [0, 0.05) is 27.3 Å². The van der Waals surface area contributed by atoms with Crippen LogP contribution in [0.3, 0.4) is 0 Å². The minimum atomic E-state index is 0. The third-order valence-corrected chi connectivity index (χ3v) is 0. The van der Waals surface area contributed by atoms with E-state index in [4.69, 9.17) is 5.11 Å². The maximum Gasteiger partial charge on any atom is 0.0719 e. The Hall–Kier alpha value is 0.462. The zero-order valence-electron chi connectivity index (χ0n) is 2.23. The summed E-state index contributed by atoms with van der Waals surface area (Å²) in [5.74, 6) is 0. The molecule has 0 saturated carbocycles. The van der Waals surface area contributed by atoms with Crippen molar-refractivity contribution in [1.82, 2.24) is 0 Å². The van der Waals surface area contributed by atoms with Gasteiger partial charge in [-0.05, 0) is 0 Å². The van der Waals surface area contributed by atoms with Crippen LogP contribution in [0.2, 0.25) is 0 Å². The quantitative estimate of drug-likeness (QED) is 0.485. The van der Waals surface area contributed by atoms with Crippen LogP contribution in [0, 0.1) is 0 Å². The van der Waals surface area contributed by atoms with Gasteiger partial charge in [-0.2, -0.15) is 0 Å². The maximum absolute atomic E-state index is 7.33. The molecule has 0 aromatic rings. The Morgan fingerprint density at radius 1 is 1.75 bits per heavy atom. The minimum Gasteiger partial charge on any atom is -0.516 e. The predicted molar refractivity (Wildman–Crippen MR) is 18.6 cm³/mol. The SMILES string of the molecule is C=CO.[Pb]. The minimum absolute atomic E-state index is 0. The molecule has 0 aliphatic heterocycles. The van der Waals surface area contributed by atoms with Gasteiger partial charge in [-0.15, -0.1) is 0 Å². The summed E-state index contributed by atoms with van der Waals surface area (Å²) in [5.41, 5.74) is 0. The first-order chi connectivity index (χ1) is 1.41. The average Bonchev–Trinajstić information content (AvgIpc) is 0.918. The van der Waals surface area contributed by atoms with Crippen molar-refractivity contribution < 1.29 is 5.11 Å². The van der Waals surface area contributed by atoms with Crippen LogP contribution < -0.4 is 0 Å². The number of hydrogen-bond donors (Lipinski definition) is 1. The number of hydrogen-bond acceptors (Lipinski definition) is 1. The van der Waals surface area contributed by atoms with Crippen molar-refractivity contribution >= 4 is 27.3 Å². The largest absolute Gasteiger partial charge is 0.516 e. The van der Waals surface area contributed by atoms with Crippen molar-refractivity contribution in [2.75, 3.05) is 0 Å². The van der Waals surface area contributed by atoms with Crippen molar-refractivity contribution in [3.05, 3.63) is 12.8 Å². The van der Waals surface area contributed by atoms with Crippen LogP contribution in [0.25, 0.3) is 0 Å². The molecule has 0 aliphatic carbocycles. The van der Waals surface area contributed by atoms with Gasteiger partial charge in [0.2, 0.25) is 0 Å². The van der Waals surface area contributed by atoms with E-state index in [9.17, 15) is 0 Å². The fraction of sp³-hybridized carbons (Fsp3) is 0. The first-order valence-electron chi connectivity index (χ1n) is 0.666. The fourth-order valence-electron chi connectivity index (χ4n) is 0. The first kappa shape index (κ1) is 8.82. The summed E-state index contributed by atoms with van der Waals surface area (Å²) in [6.45, 7) is 2.92. The van der Waals surface area contributed by atoms with Crippen LogP contribution >= 0.6 is 0 Å². The summed E-state index contributed by atoms with van der Waals surface area (Å²) >= 11 is 0. The molecule has 0 aromatic carbocycles. The van der Waals surface area contributed by atoms with Crippen molar-refractivity contribution in [2.24, 2.45) is 0 Å². The summed E-state index contributed by atoms with van der Waals surface area (Å²) in [7, 11) is 0. The van der Waals surface area contributed by atoms with Crippen LogP contribution in [0.4, 0.5) is 0 Å². The monoisotopic (exact) mass is 252 g/mol. The summed E-state index contributed by atoms with van der Waals surface area (Å²) in [6, 6.07) is 0. The van der Waals surface area contributed by atoms with E-state index in [2.05, 4.69) is 6.58 Å². The molecule has 0 amide bonds. The molecule has 0 heterocycles. The van der Waals surface area contributed by atoms with E-state index in [0.29, 0.717) is 0 Å². The number of rotatable bonds is 0. The second kappa shape index (κ2) is 9.82. The van der Waals surface area contributed by atoms with E-state index >= 15 is 0 Å². The molecule has 0 atom stereocenters. The molecule has 0 unspecified atom stereocenters. The Bertz CT molecular complexity index is 13.5. The van der Waals surface area contributed by atoms with Crippen molar-refractivity contribution in [3.63, 3.8) is 0 Å². The Balaban J connectivity index is 0. The second-order valence-corrected chi connectivity index (χ2v) is 0.183. The molecule has 22 valence electrons. The van der Waals surface area contributed by atoms with Crippen molar-refractivity contribution in [1.29, 1.82) is 0 Å². The van der Waals surface area contributed by atoms with Crippen LogP contribution in [0.5, 0.6) is 0 Å². The molecule has 0 rings (SSSR count). The fourth-order valence-corrected chi connectivity index (χ4v) is 0. The van der Waals surface area contributed by atoms with Gasteiger partial charge in [-0.25, -0.2) is 0 Å². The Morgan fingerprint density at radius 2 is 1.75 bits per heavy atom. The van der Waals surface area contributed by atoms with E-state index < -0.39 is 0 Å². The normalized spacial score (nSPS) is 3.00. The average molecular weight is 251 g/mol. The molecule has 4 radical (unpaired) electrons. The Labute approximate surface area is 45.5 Å². The number of aliphatic hydroxyl groups is 1. The van der Waals surface area contributed by atoms with Crippen LogP contribution in [-0.4, -0.2) is 32.4 Å². The van der Waals surface area contributed by atoms with Gasteiger partial charge >= 0.3 is 0 Å². The molecule has 1 N–H and O–H groups in total. The number of aliphatic hydroxyl groups excluding tert-OH is 1. The summed E-state index contributed by atoms with van der Waals surface area (Å²) in [6.07, 6.45) is 0.750. The zero-order chi connectivity index (χ0) is 2.71. The standard InChI is InChI=1S/C2H4O.Pb/c1-2-3;/h2-3H,1H2;. The zero-order valence-corrected chi connectivity index (χ0v) is 6.12. The van der Waals surface area contributed by atoms with E-state index in [1.807, 2.05) is 0 Å². The molecular weight excluding hydrogens is 247 g/mol.